The Kier molecular flexibility index (Phi) is 4.76. The van der Waals surface area contributed by atoms with Crippen molar-refractivity contribution in [2.45, 2.75) is 25.4 Å². The van der Waals surface area contributed by atoms with Crippen LogP contribution in [0.15, 0.2) is 0 Å². The van der Waals surface area contributed by atoms with Crippen LogP contribution in [0.5, 0.6) is 0 Å². The number of nitrogens with zero attached hydrogens (tertiary/aromatic N) is 1. The van der Waals surface area contributed by atoms with Gasteiger partial charge in [0, 0.05) is 25.6 Å². The Hall–Kier alpha value is -0.650. The number of likely N-dealkylation sites (tertiary alicyclic amines) is 1. The number of carbonyl (C=O) groups is 1. The topological polar surface area (TPSA) is 61.8 Å². The molecule has 0 bridgehead atoms. The molecule has 5 nitrogen and oxygen atoms in total. The van der Waals surface area contributed by atoms with E-state index in [1.165, 1.54) is 0 Å². The van der Waals surface area contributed by atoms with Crippen molar-refractivity contribution in [1.82, 2.24) is 10.2 Å². The smallest absolute Gasteiger partial charge is 0.224 e. The molecule has 0 atom stereocenters. The van der Waals surface area contributed by atoms with Gasteiger partial charge in [0.1, 0.15) is 0 Å². The largest absolute Gasteiger partial charge is 0.396 e. The molecule has 0 saturated carbocycles. The molecule has 0 aromatic carbocycles. The number of ether oxygens (including phenoxy) is 1. The number of nitrogens with one attached hydrogen (secondary N) is 1. The number of aliphatic hydroxyl groups excluding tert-OH is 1. The Balaban J connectivity index is 1.54. The molecule has 0 spiro atoms. The van der Waals surface area contributed by atoms with E-state index in [0.29, 0.717) is 38.1 Å². The second kappa shape index (κ2) is 6.33. The van der Waals surface area contributed by atoms with E-state index >= 15 is 0 Å². The van der Waals surface area contributed by atoms with Crippen LogP contribution < -0.4 is 5.32 Å². The van der Waals surface area contributed by atoms with E-state index in [2.05, 4.69) is 5.32 Å². The van der Waals surface area contributed by atoms with Crippen molar-refractivity contribution in [3.63, 3.8) is 0 Å². The van der Waals surface area contributed by atoms with Crippen molar-refractivity contribution < 1.29 is 14.6 Å². The van der Waals surface area contributed by atoms with E-state index in [1.807, 2.05) is 0 Å². The maximum Gasteiger partial charge on any atom is 0.224 e. The molecule has 2 heterocycles. The first-order valence-corrected chi connectivity index (χ1v) is 6.50. The number of rotatable bonds is 5. The van der Waals surface area contributed by atoms with Crippen molar-refractivity contribution >= 4 is 5.91 Å². The molecule has 0 aromatic rings. The van der Waals surface area contributed by atoms with Gasteiger partial charge in [0.15, 0.2) is 0 Å². The third kappa shape index (κ3) is 3.66. The second-order valence-corrected chi connectivity index (χ2v) is 4.92. The Morgan fingerprint density at radius 3 is 2.71 bits per heavy atom. The molecule has 2 fully saturated rings. The lowest BCUT2D eigenvalue weighted by molar-refractivity contribution is -0.140. The van der Waals surface area contributed by atoms with Crippen LogP contribution >= 0.6 is 0 Å². The van der Waals surface area contributed by atoms with Gasteiger partial charge in [-0.05, 0) is 25.9 Å². The highest BCUT2D eigenvalue weighted by Crippen LogP contribution is 2.16. The Morgan fingerprint density at radius 1 is 1.35 bits per heavy atom. The molecule has 0 aliphatic carbocycles. The lowest BCUT2D eigenvalue weighted by atomic mass is 10.0. The van der Waals surface area contributed by atoms with Crippen LogP contribution in [-0.4, -0.2) is 61.4 Å². The highest BCUT2D eigenvalue weighted by Gasteiger charge is 2.29. The summed E-state index contributed by atoms with van der Waals surface area (Å²) in [7, 11) is 0. The molecule has 0 aromatic heterocycles. The highest BCUT2D eigenvalue weighted by atomic mass is 16.5. The third-order valence-electron chi connectivity index (χ3n) is 3.52. The molecule has 2 rings (SSSR count). The van der Waals surface area contributed by atoms with Crippen molar-refractivity contribution in [3.8, 4) is 0 Å². The molecule has 2 aliphatic rings. The maximum atomic E-state index is 11.7. The minimum Gasteiger partial charge on any atom is -0.396 e. The summed E-state index contributed by atoms with van der Waals surface area (Å²) in [5.74, 6) is 0.452. The Morgan fingerprint density at radius 2 is 2.06 bits per heavy atom. The van der Waals surface area contributed by atoms with Crippen LogP contribution in [0.4, 0.5) is 0 Å². The molecule has 1 amide bonds. The predicted octanol–water partition coefficient (Wildman–Crippen LogP) is -0.404. The fraction of sp³-hybridized carbons (Fsp3) is 0.917. The van der Waals surface area contributed by atoms with Gasteiger partial charge >= 0.3 is 0 Å². The summed E-state index contributed by atoms with van der Waals surface area (Å²) in [6.45, 7) is 4.18. The Labute approximate surface area is 102 Å². The summed E-state index contributed by atoms with van der Waals surface area (Å²) in [6, 6.07) is 0. The highest BCUT2D eigenvalue weighted by molar-refractivity contribution is 5.77. The zero-order valence-corrected chi connectivity index (χ0v) is 10.2. The van der Waals surface area contributed by atoms with Crippen LogP contribution in [0.25, 0.3) is 0 Å². The zero-order chi connectivity index (χ0) is 12.1. The lowest BCUT2D eigenvalue weighted by Gasteiger charge is -2.38. The van der Waals surface area contributed by atoms with E-state index < -0.39 is 0 Å². The van der Waals surface area contributed by atoms with Crippen LogP contribution in [-0.2, 0) is 9.53 Å². The van der Waals surface area contributed by atoms with Crippen molar-refractivity contribution in [2.75, 3.05) is 39.4 Å². The predicted molar refractivity (Wildman–Crippen MR) is 63.6 cm³/mol. The summed E-state index contributed by atoms with van der Waals surface area (Å²) in [6.07, 6.45) is 2.89. The standard InChI is InChI=1S/C12H22N2O3/c15-9-10-7-14(8-10)12(16)3-6-17-11-1-4-13-5-2-11/h10-11,13,15H,1-9H2. The van der Waals surface area contributed by atoms with E-state index in [4.69, 9.17) is 9.84 Å². The number of amides is 1. The molecule has 5 heteroatoms. The number of hydrogen-bond acceptors (Lipinski definition) is 4. The van der Waals surface area contributed by atoms with E-state index in [9.17, 15) is 4.79 Å². The number of hydrogen-bond donors (Lipinski definition) is 2. The van der Waals surface area contributed by atoms with E-state index in [1.54, 1.807) is 4.90 Å². The average Bonchev–Trinajstić information content (AvgIpc) is 2.29. The maximum absolute atomic E-state index is 11.7. The molecular weight excluding hydrogens is 220 g/mol. The minimum absolute atomic E-state index is 0.156. The number of aliphatic hydroxyl groups is 1. The molecule has 2 aliphatic heterocycles. The van der Waals surface area contributed by atoms with Gasteiger partial charge in [0.25, 0.3) is 0 Å². The van der Waals surface area contributed by atoms with Gasteiger partial charge in [-0.2, -0.15) is 0 Å². The quantitative estimate of drug-likeness (QED) is 0.688. The third-order valence-corrected chi connectivity index (χ3v) is 3.52. The lowest BCUT2D eigenvalue weighted by Crippen LogP contribution is -2.51. The van der Waals surface area contributed by atoms with Gasteiger partial charge in [0.2, 0.25) is 5.91 Å². The van der Waals surface area contributed by atoms with Gasteiger partial charge in [-0.3, -0.25) is 4.79 Å². The average molecular weight is 242 g/mol. The van der Waals surface area contributed by atoms with Crippen LogP contribution in [0, 0.1) is 5.92 Å². The van der Waals surface area contributed by atoms with Crippen molar-refractivity contribution in [1.29, 1.82) is 0 Å². The molecule has 2 N–H and O–H groups in total. The fourth-order valence-electron chi connectivity index (χ4n) is 2.32. The first kappa shape index (κ1) is 12.8. The van der Waals surface area contributed by atoms with Crippen LogP contribution in [0.2, 0.25) is 0 Å². The van der Waals surface area contributed by atoms with Gasteiger partial charge in [-0.25, -0.2) is 0 Å². The molecule has 17 heavy (non-hydrogen) atoms. The van der Waals surface area contributed by atoms with Crippen LogP contribution in [0.3, 0.4) is 0 Å². The second-order valence-electron chi connectivity index (χ2n) is 4.92. The van der Waals surface area contributed by atoms with Gasteiger partial charge in [-0.15, -0.1) is 0 Å². The van der Waals surface area contributed by atoms with Gasteiger partial charge in [0.05, 0.1) is 19.1 Å². The fourth-order valence-corrected chi connectivity index (χ4v) is 2.32. The number of piperidine rings is 1. The molecule has 0 radical (unpaired) electrons. The van der Waals surface area contributed by atoms with Crippen molar-refractivity contribution in [2.24, 2.45) is 5.92 Å². The zero-order valence-electron chi connectivity index (χ0n) is 10.2. The summed E-state index contributed by atoms with van der Waals surface area (Å²) in [5, 5.41) is 12.1. The normalized spacial score (nSPS) is 22.5. The first-order chi connectivity index (χ1) is 8.29. The molecule has 0 unspecified atom stereocenters. The van der Waals surface area contributed by atoms with E-state index in [0.717, 1.165) is 25.9 Å². The van der Waals surface area contributed by atoms with Crippen LogP contribution in [0.1, 0.15) is 19.3 Å². The van der Waals surface area contributed by atoms with Gasteiger partial charge < -0.3 is 20.1 Å². The monoisotopic (exact) mass is 242 g/mol. The minimum atomic E-state index is 0.156. The van der Waals surface area contributed by atoms with Crippen molar-refractivity contribution in [3.05, 3.63) is 0 Å². The summed E-state index contributed by atoms with van der Waals surface area (Å²) >= 11 is 0. The summed E-state index contributed by atoms with van der Waals surface area (Å²) in [4.78, 5) is 13.5. The molecule has 98 valence electrons. The Bertz CT molecular complexity index is 248. The molecular formula is C12H22N2O3. The SMILES string of the molecule is O=C(CCOC1CCNCC1)N1CC(CO)C1. The number of carbonyl (C=O) groups excluding carboxylic acids is 1. The van der Waals surface area contributed by atoms with Gasteiger partial charge in [-0.1, -0.05) is 0 Å². The summed E-state index contributed by atoms with van der Waals surface area (Å²) < 4.78 is 5.69. The first-order valence-electron chi connectivity index (χ1n) is 6.50. The van der Waals surface area contributed by atoms with E-state index in [-0.39, 0.29) is 12.5 Å². The molecule has 2 saturated heterocycles. The summed E-state index contributed by atoms with van der Waals surface area (Å²) in [5.41, 5.74) is 0.